The average Bonchev–Trinajstić information content (AvgIpc) is 2.27. The maximum Gasteiger partial charge on any atom is 0.302 e. The largest absolute Gasteiger partial charge is 0.497 e. The van der Waals surface area contributed by atoms with Crippen molar-refractivity contribution in [1.82, 2.24) is 0 Å². The molecule has 0 spiro atoms. The minimum atomic E-state index is -0.271. The number of esters is 1. The Hall–Kier alpha value is -1.71. The maximum atomic E-state index is 10.8. The van der Waals surface area contributed by atoms with Gasteiger partial charge >= 0.3 is 5.97 Å². The lowest BCUT2D eigenvalue weighted by molar-refractivity contribution is -0.145. The minimum Gasteiger partial charge on any atom is -0.497 e. The van der Waals surface area contributed by atoms with Gasteiger partial charge < -0.3 is 14.2 Å². The predicted molar refractivity (Wildman–Crippen MR) is 64.5 cm³/mol. The molecule has 0 aliphatic rings. The van der Waals surface area contributed by atoms with E-state index in [2.05, 4.69) is 0 Å². The highest BCUT2D eigenvalue weighted by molar-refractivity contribution is 5.66. The van der Waals surface area contributed by atoms with Gasteiger partial charge in [-0.25, -0.2) is 0 Å². The molecule has 0 aromatic heterocycles. The molecular weight excluding hydrogens is 220 g/mol. The van der Waals surface area contributed by atoms with Crippen LogP contribution in [0.5, 0.6) is 11.5 Å². The first-order valence-electron chi connectivity index (χ1n) is 5.44. The van der Waals surface area contributed by atoms with Gasteiger partial charge in [-0.2, -0.15) is 0 Å². The Labute approximate surface area is 101 Å². The topological polar surface area (TPSA) is 44.8 Å². The Morgan fingerprint density at radius 3 is 2.12 bits per heavy atom. The highest BCUT2D eigenvalue weighted by atomic mass is 16.5. The van der Waals surface area contributed by atoms with Crippen LogP contribution in [0.1, 0.15) is 19.4 Å². The molecule has 1 aromatic rings. The second kappa shape index (κ2) is 6.13. The fourth-order valence-corrected chi connectivity index (χ4v) is 1.64. The van der Waals surface area contributed by atoms with Gasteiger partial charge in [0.15, 0.2) is 0 Å². The average molecular weight is 238 g/mol. The summed E-state index contributed by atoms with van der Waals surface area (Å²) in [5.41, 5.74) is 1.01. The molecule has 4 nitrogen and oxygen atoms in total. The number of hydrogen-bond donors (Lipinski definition) is 0. The summed E-state index contributed by atoms with van der Waals surface area (Å²) >= 11 is 0. The van der Waals surface area contributed by atoms with E-state index in [1.165, 1.54) is 6.92 Å². The number of carbonyl (C=O) groups is 1. The predicted octanol–water partition coefficient (Wildman–Crippen LogP) is 2.20. The SMILES string of the molecule is COc1cc(C[C@H](C)OC(C)=O)cc(OC)c1. The molecule has 0 unspecified atom stereocenters. The summed E-state index contributed by atoms with van der Waals surface area (Å²) in [5, 5.41) is 0. The number of hydrogen-bond acceptors (Lipinski definition) is 4. The van der Waals surface area contributed by atoms with Gasteiger partial charge in [0.05, 0.1) is 14.2 Å². The molecule has 94 valence electrons. The van der Waals surface area contributed by atoms with Crippen LogP contribution in [-0.2, 0) is 16.0 Å². The molecule has 17 heavy (non-hydrogen) atoms. The van der Waals surface area contributed by atoms with E-state index >= 15 is 0 Å². The lowest BCUT2D eigenvalue weighted by Gasteiger charge is -2.13. The van der Waals surface area contributed by atoms with Crippen LogP contribution >= 0.6 is 0 Å². The maximum absolute atomic E-state index is 10.8. The van der Waals surface area contributed by atoms with Crippen molar-refractivity contribution < 1.29 is 19.0 Å². The monoisotopic (exact) mass is 238 g/mol. The summed E-state index contributed by atoms with van der Waals surface area (Å²) in [6.07, 6.45) is 0.469. The van der Waals surface area contributed by atoms with E-state index in [0.717, 1.165) is 17.1 Å². The van der Waals surface area contributed by atoms with E-state index < -0.39 is 0 Å². The molecule has 0 amide bonds. The van der Waals surface area contributed by atoms with E-state index in [1.807, 2.05) is 19.1 Å². The molecule has 0 aliphatic heterocycles. The van der Waals surface area contributed by atoms with E-state index in [0.29, 0.717) is 6.42 Å². The molecule has 0 saturated heterocycles. The van der Waals surface area contributed by atoms with Crippen LogP contribution in [-0.4, -0.2) is 26.3 Å². The third-order valence-electron chi connectivity index (χ3n) is 2.30. The van der Waals surface area contributed by atoms with Gasteiger partial charge in [-0.15, -0.1) is 0 Å². The molecule has 0 heterocycles. The fraction of sp³-hybridized carbons (Fsp3) is 0.462. The van der Waals surface area contributed by atoms with E-state index in [-0.39, 0.29) is 12.1 Å². The smallest absolute Gasteiger partial charge is 0.302 e. The van der Waals surface area contributed by atoms with Gasteiger partial charge in [-0.3, -0.25) is 4.79 Å². The number of carbonyl (C=O) groups excluding carboxylic acids is 1. The quantitative estimate of drug-likeness (QED) is 0.738. The fourth-order valence-electron chi connectivity index (χ4n) is 1.64. The normalized spacial score (nSPS) is 11.8. The molecule has 0 N–H and O–H groups in total. The summed E-state index contributed by atoms with van der Waals surface area (Å²) < 4.78 is 15.4. The van der Waals surface area contributed by atoms with Crippen LogP contribution in [0.3, 0.4) is 0 Å². The third kappa shape index (κ3) is 4.34. The summed E-state index contributed by atoms with van der Waals surface area (Å²) in [5.74, 6) is 1.19. The van der Waals surface area contributed by atoms with Crippen molar-refractivity contribution in [1.29, 1.82) is 0 Å². The van der Waals surface area contributed by atoms with Crippen LogP contribution in [0.2, 0.25) is 0 Å². The highest BCUT2D eigenvalue weighted by Crippen LogP contribution is 2.23. The van der Waals surface area contributed by atoms with Crippen molar-refractivity contribution in [3.05, 3.63) is 23.8 Å². The summed E-state index contributed by atoms with van der Waals surface area (Å²) in [6.45, 7) is 3.26. The molecule has 1 atom stereocenters. The Morgan fingerprint density at radius 1 is 1.18 bits per heavy atom. The van der Waals surface area contributed by atoms with Crippen molar-refractivity contribution in [3.8, 4) is 11.5 Å². The zero-order valence-corrected chi connectivity index (χ0v) is 10.6. The zero-order chi connectivity index (χ0) is 12.8. The zero-order valence-electron chi connectivity index (χ0n) is 10.6. The third-order valence-corrected chi connectivity index (χ3v) is 2.30. The molecule has 0 radical (unpaired) electrons. The van der Waals surface area contributed by atoms with Crippen LogP contribution in [0.15, 0.2) is 18.2 Å². The van der Waals surface area contributed by atoms with Gasteiger partial charge in [0.25, 0.3) is 0 Å². The van der Waals surface area contributed by atoms with Gasteiger partial charge in [0.2, 0.25) is 0 Å². The molecule has 0 saturated carbocycles. The number of rotatable bonds is 5. The standard InChI is InChI=1S/C13H18O4/c1-9(17-10(2)14)5-11-6-12(15-3)8-13(7-11)16-4/h6-9H,5H2,1-4H3/t9-/m0/s1. The Kier molecular flexibility index (Phi) is 4.82. The number of methoxy groups -OCH3 is 2. The molecule has 0 fully saturated rings. The van der Waals surface area contributed by atoms with Crippen molar-refractivity contribution in [3.63, 3.8) is 0 Å². The summed E-state index contributed by atoms with van der Waals surface area (Å²) in [6, 6.07) is 5.62. The van der Waals surface area contributed by atoms with Gasteiger partial charge in [0.1, 0.15) is 17.6 Å². The van der Waals surface area contributed by atoms with E-state index in [1.54, 1.807) is 20.3 Å². The van der Waals surface area contributed by atoms with Crippen molar-refractivity contribution >= 4 is 5.97 Å². The van der Waals surface area contributed by atoms with E-state index in [9.17, 15) is 4.79 Å². The van der Waals surface area contributed by atoms with Crippen LogP contribution in [0, 0.1) is 0 Å². The van der Waals surface area contributed by atoms with Crippen molar-refractivity contribution in [2.45, 2.75) is 26.4 Å². The van der Waals surface area contributed by atoms with Gasteiger partial charge in [-0.05, 0) is 24.6 Å². The Morgan fingerprint density at radius 2 is 1.71 bits per heavy atom. The van der Waals surface area contributed by atoms with Crippen LogP contribution in [0.25, 0.3) is 0 Å². The Bertz CT molecular complexity index is 365. The molecule has 1 rings (SSSR count). The molecule has 0 aliphatic carbocycles. The lowest BCUT2D eigenvalue weighted by Crippen LogP contribution is -2.15. The van der Waals surface area contributed by atoms with Gasteiger partial charge in [-0.1, -0.05) is 0 Å². The van der Waals surface area contributed by atoms with Crippen molar-refractivity contribution in [2.24, 2.45) is 0 Å². The Balaban J connectivity index is 2.79. The molecular formula is C13H18O4. The van der Waals surface area contributed by atoms with Crippen LogP contribution in [0.4, 0.5) is 0 Å². The lowest BCUT2D eigenvalue weighted by atomic mass is 10.1. The molecule has 0 bridgehead atoms. The highest BCUT2D eigenvalue weighted by Gasteiger charge is 2.09. The molecule has 1 aromatic carbocycles. The second-order valence-corrected chi connectivity index (χ2v) is 3.85. The first kappa shape index (κ1) is 13.4. The second-order valence-electron chi connectivity index (χ2n) is 3.85. The molecule has 4 heteroatoms. The minimum absolute atomic E-state index is 0.163. The van der Waals surface area contributed by atoms with Crippen molar-refractivity contribution in [2.75, 3.05) is 14.2 Å². The first-order chi connectivity index (χ1) is 8.05. The number of ether oxygens (including phenoxy) is 3. The first-order valence-corrected chi connectivity index (χ1v) is 5.44. The van der Waals surface area contributed by atoms with Crippen LogP contribution < -0.4 is 9.47 Å². The van der Waals surface area contributed by atoms with Gasteiger partial charge in [0, 0.05) is 19.4 Å². The summed E-state index contributed by atoms with van der Waals surface area (Å²) in [4.78, 5) is 10.8. The van der Waals surface area contributed by atoms with E-state index in [4.69, 9.17) is 14.2 Å². The number of benzene rings is 1. The summed E-state index contributed by atoms with van der Waals surface area (Å²) in [7, 11) is 3.21.